The fourth-order valence-corrected chi connectivity index (χ4v) is 3.03. The van der Waals surface area contributed by atoms with Crippen LogP contribution in [0.3, 0.4) is 0 Å². The van der Waals surface area contributed by atoms with Gasteiger partial charge in [-0.15, -0.1) is 0 Å². The maximum Gasteiger partial charge on any atom is 0.253 e. The molecule has 1 saturated heterocycles. The van der Waals surface area contributed by atoms with Crippen LogP contribution in [-0.4, -0.2) is 47.8 Å². The van der Waals surface area contributed by atoms with E-state index in [-0.39, 0.29) is 11.8 Å². The Balaban J connectivity index is 1.98. The van der Waals surface area contributed by atoms with Crippen LogP contribution >= 0.6 is 0 Å². The second-order valence-electron chi connectivity index (χ2n) is 6.67. The van der Waals surface area contributed by atoms with Gasteiger partial charge in [0.1, 0.15) is 0 Å². The number of hydrogen-bond donors (Lipinski definition) is 0. The SMILES string of the molecule is CCC(=O)N1CCCN(C(=O)c2ccc(CC(C)C)cc2)CC1. The van der Waals surface area contributed by atoms with Crippen molar-refractivity contribution in [2.45, 2.75) is 40.0 Å². The molecule has 0 radical (unpaired) electrons. The van der Waals surface area contributed by atoms with Gasteiger partial charge in [-0.25, -0.2) is 0 Å². The van der Waals surface area contributed by atoms with Crippen molar-refractivity contribution in [2.24, 2.45) is 5.92 Å². The van der Waals surface area contributed by atoms with E-state index < -0.39 is 0 Å². The fraction of sp³-hybridized carbons (Fsp3) is 0.579. The fourth-order valence-electron chi connectivity index (χ4n) is 3.03. The van der Waals surface area contributed by atoms with E-state index in [4.69, 9.17) is 0 Å². The first-order chi connectivity index (χ1) is 11.0. The molecular formula is C19H28N2O2. The van der Waals surface area contributed by atoms with Gasteiger partial charge in [0, 0.05) is 38.2 Å². The molecule has 1 aliphatic heterocycles. The first-order valence-corrected chi connectivity index (χ1v) is 8.67. The largest absolute Gasteiger partial charge is 0.341 e. The number of carbonyl (C=O) groups excluding carboxylic acids is 2. The molecule has 0 unspecified atom stereocenters. The summed E-state index contributed by atoms with van der Waals surface area (Å²) < 4.78 is 0. The van der Waals surface area contributed by atoms with Crippen LogP contribution in [0, 0.1) is 5.92 Å². The quantitative estimate of drug-likeness (QED) is 0.857. The van der Waals surface area contributed by atoms with Crippen LogP contribution in [0.15, 0.2) is 24.3 Å². The van der Waals surface area contributed by atoms with Crippen molar-refractivity contribution < 1.29 is 9.59 Å². The maximum absolute atomic E-state index is 12.7. The molecule has 1 aliphatic rings. The van der Waals surface area contributed by atoms with Crippen molar-refractivity contribution in [3.05, 3.63) is 35.4 Å². The minimum Gasteiger partial charge on any atom is -0.341 e. The monoisotopic (exact) mass is 316 g/mol. The molecule has 0 saturated carbocycles. The van der Waals surface area contributed by atoms with Crippen LogP contribution in [0.5, 0.6) is 0 Å². The average molecular weight is 316 g/mol. The smallest absolute Gasteiger partial charge is 0.253 e. The molecule has 0 aliphatic carbocycles. The first-order valence-electron chi connectivity index (χ1n) is 8.67. The van der Waals surface area contributed by atoms with Crippen molar-refractivity contribution >= 4 is 11.8 Å². The van der Waals surface area contributed by atoms with Gasteiger partial charge in [-0.3, -0.25) is 9.59 Å². The average Bonchev–Trinajstić information content (AvgIpc) is 2.79. The molecule has 1 aromatic carbocycles. The van der Waals surface area contributed by atoms with E-state index in [1.807, 2.05) is 28.9 Å². The van der Waals surface area contributed by atoms with Crippen LogP contribution in [0.2, 0.25) is 0 Å². The lowest BCUT2D eigenvalue weighted by Gasteiger charge is -2.22. The summed E-state index contributed by atoms with van der Waals surface area (Å²) in [5.41, 5.74) is 2.01. The topological polar surface area (TPSA) is 40.6 Å². The van der Waals surface area contributed by atoms with Crippen LogP contribution in [0.25, 0.3) is 0 Å². The standard InChI is InChI=1S/C19H28N2O2/c1-4-18(22)20-10-5-11-21(13-12-20)19(23)17-8-6-16(7-9-17)14-15(2)3/h6-9,15H,4-5,10-14H2,1-3H3. The summed E-state index contributed by atoms with van der Waals surface area (Å²) in [6, 6.07) is 7.97. The van der Waals surface area contributed by atoms with Gasteiger partial charge in [-0.2, -0.15) is 0 Å². The van der Waals surface area contributed by atoms with Crippen LogP contribution in [-0.2, 0) is 11.2 Å². The molecule has 4 nitrogen and oxygen atoms in total. The summed E-state index contributed by atoms with van der Waals surface area (Å²) in [5.74, 6) is 0.869. The van der Waals surface area contributed by atoms with Gasteiger partial charge in [0.25, 0.3) is 5.91 Å². The minimum absolute atomic E-state index is 0.0758. The van der Waals surface area contributed by atoms with Crippen LogP contribution in [0.4, 0.5) is 0 Å². The highest BCUT2D eigenvalue weighted by molar-refractivity contribution is 5.94. The van der Waals surface area contributed by atoms with Crippen molar-refractivity contribution in [3.63, 3.8) is 0 Å². The van der Waals surface area contributed by atoms with Gasteiger partial charge in [0.15, 0.2) is 0 Å². The van der Waals surface area contributed by atoms with Gasteiger partial charge in [-0.1, -0.05) is 32.9 Å². The third-order valence-corrected chi connectivity index (χ3v) is 4.28. The number of amides is 2. The molecule has 0 bridgehead atoms. The molecule has 0 atom stereocenters. The Bertz CT molecular complexity index is 537. The molecule has 23 heavy (non-hydrogen) atoms. The third-order valence-electron chi connectivity index (χ3n) is 4.28. The number of carbonyl (C=O) groups is 2. The van der Waals surface area contributed by atoms with Crippen molar-refractivity contribution in [2.75, 3.05) is 26.2 Å². The molecule has 0 aromatic heterocycles. The van der Waals surface area contributed by atoms with E-state index in [1.165, 1.54) is 5.56 Å². The molecule has 2 amide bonds. The molecular weight excluding hydrogens is 288 g/mol. The third kappa shape index (κ3) is 4.81. The minimum atomic E-state index is 0.0758. The normalized spacial score (nSPS) is 15.7. The highest BCUT2D eigenvalue weighted by Gasteiger charge is 2.22. The molecule has 0 N–H and O–H groups in total. The Hall–Kier alpha value is -1.84. The highest BCUT2D eigenvalue weighted by atomic mass is 16.2. The molecule has 1 heterocycles. The van der Waals surface area contributed by atoms with E-state index >= 15 is 0 Å². The second-order valence-corrected chi connectivity index (χ2v) is 6.67. The predicted molar refractivity (Wildman–Crippen MR) is 92.4 cm³/mol. The Morgan fingerprint density at radius 1 is 1.00 bits per heavy atom. The van der Waals surface area contributed by atoms with Gasteiger partial charge in [0.05, 0.1) is 0 Å². The predicted octanol–water partition coefficient (Wildman–Crippen LogP) is 2.97. The van der Waals surface area contributed by atoms with Gasteiger partial charge >= 0.3 is 0 Å². The Morgan fingerprint density at radius 2 is 1.61 bits per heavy atom. The molecule has 1 aromatic rings. The van der Waals surface area contributed by atoms with Gasteiger partial charge < -0.3 is 9.80 Å². The Labute approximate surface area is 139 Å². The van der Waals surface area contributed by atoms with Gasteiger partial charge in [-0.05, 0) is 36.5 Å². The number of nitrogens with zero attached hydrogens (tertiary/aromatic N) is 2. The van der Waals surface area contributed by atoms with E-state index in [1.54, 1.807) is 0 Å². The lowest BCUT2D eigenvalue weighted by atomic mass is 10.0. The molecule has 1 fully saturated rings. The highest BCUT2D eigenvalue weighted by Crippen LogP contribution is 2.13. The lowest BCUT2D eigenvalue weighted by molar-refractivity contribution is -0.130. The molecule has 2 rings (SSSR count). The zero-order valence-electron chi connectivity index (χ0n) is 14.5. The number of hydrogen-bond acceptors (Lipinski definition) is 2. The Morgan fingerprint density at radius 3 is 2.22 bits per heavy atom. The summed E-state index contributed by atoms with van der Waals surface area (Å²) in [5, 5.41) is 0. The van der Waals surface area contributed by atoms with E-state index in [9.17, 15) is 9.59 Å². The molecule has 126 valence electrons. The Kier molecular flexibility index (Phi) is 6.20. The molecule has 4 heteroatoms. The first kappa shape index (κ1) is 17.5. The van der Waals surface area contributed by atoms with Gasteiger partial charge in [0.2, 0.25) is 5.91 Å². The van der Waals surface area contributed by atoms with Crippen LogP contribution < -0.4 is 0 Å². The van der Waals surface area contributed by atoms with E-state index in [2.05, 4.69) is 26.0 Å². The lowest BCUT2D eigenvalue weighted by Crippen LogP contribution is -2.37. The van der Waals surface area contributed by atoms with Crippen LogP contribution in [0.1, 0.15) is 49.5 Å². The van der Waals surface area contributed by atoms with E-state index in [0.29, 0.717) is 25.4 Å². The van der Waals surface area contributed by atoms with Crippen molar-refractivity contribution in [1.82, 2.24) is 9.80 Å². The van der Waals surface area contributed by atoms with E-state index in [0.717, 1.165) is 31.5 Å². The number of rotatable bonds is 4. The summed E-state index contributed by atoms with van der Waals surface area (Å²) in [7, 11) is 0. The summed E-state index contributed by atoms with van der Waals surface area (Å²) in [4.78, 5) is 28.2. The zero-order chi connectivity index (χ0) is 16.8. The maximum atomic E-state index is 12.7. The second kappa shape index (κ2) is 8.14. The number of benzene rings is 1. The van der Waals surface area contributed by atoms with Crippen molar-refractivity contribution in [1.29, 1.82) is 0 Å². The van der Waals surface area contributed by atoms with Crippen molar-refractivity contribution in [3.8, 4) is 0 Å². The molecule has 0 spiro atoms. The summed E-state index contributed by atoms with van der Waals surface area (Å²) in [6.45, 7) is 9.01. The summed E-state index contributed by atoms with van der Waals surface area (Å²) >= 11 is 0. The zero-order valence-corrected chi connectivity index (χ0v) is 14.5. The summed E-state index contributed by atoms with van der Waals surface area (Å²) in [6.07, 6.45) is 2.42.